The van der Waals surface area contributed by atoms with E-state index < -0.39 is 0 Å². The Morgan fingerprint density at radius 2 is 1.94 bits per heavy atom. The topological polar surface area (TPSA) is 41.1 Å². The van der Waals surface area contributed by atoms with Crippen molar-refractivity contribution in [3.8, 4) is 0 Å². The van der Waals surface area contributed by atoms with Crippen molar-refractivity contribution < 1.29 is 0 Å². The molecule has 0 bridgehead atoms. The lowest BCUT2D eigenvalue weighted by Gasteiger charge is -2.19. The van der Waals surface area contributed by atoms with E-state index >= 15 is 0 Å². The van der Waals surface area contributed by atoms with Gasteiger partial charge in [0.15, 0.2) is 5.82 Å². The lowest BCUT2D eigenvalue weighted by atomic mass is 10.3. The van der Waals surface area contributed by atoms with E-state index in [2.05, 4.69) is 15.3 Å². The highest BCUT2D eigenvalue weighted by molar-refractivity contribution is 6.33. The minimum absolute atomic E-state index is 0.523. The molecule has 0 amide bonds. The summed E-state index contributed by atoms with van der Waals surface area (Å²) in [5, 5.41) is 3.42. The lowest BCUT2D eigenvalue weighted by molar-refractivity contribution is 1.08. The third-order valence-electron chi connectivity index (χ3n) is 2.41. The van der Waals surface area contributed by atoms with E-state index in [1.807, 2.05) is 42.3 Å². The van der Waals surface area contributed by atoms with Crippen molar-refractivity contribution in [2.75, 3.05) is 24.3 Å². The molecule has 0 fully saturated rings. The van der Waals surface area contributed by atoms with Crippen LogP contribution in [0.4, 0.5) is 17.5 Å². The lowest BCUT2D eigenvalue weighted by Crippen LogP contribution is -2.13. The normalized spacial score (nSPS) is 10.1. The van der Waals surface area contributed by atoms with Gasteiger partial charge < -0.3 is 10.2 Å². The molecule has 2 aromatic rings. The van der Waals surface area contributed by atoms with Crippen molar-refractivity contribution in [3.63, 3.8) is 0 Å². The molecule has 0 saturated heterocycles. The summed E-state index contributed by atoms with van der Waals surface area (Å²) in [6.45, 7) is 0. The molecule has 0 spiro atoms. The fourth-order valence-corrected chi connectivity index (χ4v) is 1.71. The summed E-state index contributed by atoms with van der Waals surface area (Å²) in [4.78, 5) is 10.3. The Balaban J connectivity index is 2.40. The average Bonchev–Trinajstić information content (AvgIpc) is 2.39. The molecule has 0 saturated carbocycles. The van der Waals surface area contributed by atoms with Crippen LogP contribution in [0.2, 0.25) is 5.02 Å². The number of halogens is 1. The Morgan fingerprint density at radius 3 is 2.59 bits per heavy atom. The SMILES string of the molecule is CNc1ncc(Cl)c(N(C)c2ccccc2)n1. The minimum atomic E-state index is 0.523. The maximum absolute atomic E-state index is 6.10. The molecule has 1 aromatic heterocycles. The highest BCUT2D eigenvalue weighted by atomic mass is 35.5. The highest BCUT2D eigenvalue weighted by Gasteiger charge is 2.11. The monoisotopic (exact) mass is 248 g/mol. The summed E-state index contributed by atoms with van der Waals surface area (Å²) in [5.41, 5.74) is 1.02. The van der Waals surface area contributed by atoms with Crippen LogP contribution >= 0.6 is 11.6 Å². The summed E-state index contributed by atoms with van der Waals surface area (Å²) in [6.07, 6.45) is 1.59. The van der Waals surface area contributed by atoms with Crippen molar-refractivity contribution in [1.82, 2.24) is 9.97 Å². The molecular weight excluding hydrogens is 236 g/mol. The molecule has 1 aromatic carbocycles. The van der Waals surface area contributed by atoms with Gasteiger partial charge in [0.25, 0.3) is 0 Å². The summed E-state index contributed by atoms with van der Waals surface area (Å²) < 4.78 is 0. The van der Waals surface area contributed by atoms with Gasteiger partial charge in [-0.25, -0.2) is 4.98 Å². The highest BCUT2D eigenvalue weighted by Crippen LogP contribution is 2.28. The van der Waals surface area contributed by atoms with Crippen LogP contribution in [0, 0.1) is 0 Å². The second kappa shape index (κ2) is 5.01. The number of hydrogen-bond acceptors (Lipinski definition) is 4. The van der Waals surface area contributed by atoms with Gasteiger partial charge in [-0.1, -0.05) is 29.8 Å². The Bertz CT molecular complexity index is 501. The van der Waals surface area contributed by atoms with Crippen LogP contribution in [-0.2, 0) is 0 Å². The average molecular weight is 249 g/mol. The van der Waals surface area contributed by atoms with E-state index in [4.69, 9.17) is 11.6 Å². The first kappa shape index (κ1) is 11.7. The molecule has 1 heterocycles. The molecule has 0 unspecified atom stereocenters. The zero-order valence-corrected chi connectivity index (χ0v) is 10.4. The van der Waals surface area contributed by atoms with Crippen LogP contribution in [0.3, 0.4) is 0 Å². The first-order valence-electron chi connectivity index (χ1n) is 5.21. The second-order valence-electron chi connectivity index (χ2n) is 3.51. The summed E-state index contributed by atoms with van der Waals surface area (Å²) in [5.74, 6) is 1.23. The second-order valence-corrected chi connectivity index (χ2v) is 3.92. The van der Waals surface area contributed by atoms with Gasteiger partial charge in [0.1, 0.15) is 5.02 Å². The van der Waals surface area contributed by atoms with Crippen LogP contribution in [0.15, 0.2) is 36.5 Å². The Morgan fingerprint density at radius 1 is 1.24 bits per heavy atom. The van der Waals surface area contributed by atoms with E-state index in [1.165, 1.54) is 0 Å². The van der Waals surface area contributed by atoms with Crippen molar-refractivity contribution in [3.05, 3.63) is 41.6 Å². The summed E-state index contributed by atoms with van der Waals surface area (Å²) in [7, 11) is 3.69. The minimum Gasteiger partial charge on any atom is -0.357 e. The first-order chi connectivity index (χ1) is 8.22. The maximum Gasteiger partial charge on any atom is 0.224 e. The number of aromatic nitrogens is 2. The third-order valence-corrected chi connectivity index (χ3v) is 2.68. The van der Waals surface area contributed by atoms with Gasteiger partial charge in [0, 0.05) is 19.8 Å². The van der Waals surface area contributed by atoms with Gasteiger partial charge >= 0.3 is 0 Å². The molecule has 0 aliphatic carbocycles. The smallest absolute Gasteiger partial charge is 0.224 e. The van der Waals surface area contributed by atoms with Gasteiger partial charge in [0.05, 0.1) is 6.20 Å². The molecule has 1 N–H and O–H groups in total. The first-order valence-corrected chi connectivity index (χ1v) is 5.59. The van der Waals surface area contributed by atoms with Crippen molar-refractivity contribution in [2.45, 2.75) is 0 Å². The summed E-state index contributed by atoms with van der Waals surface area (Å²) >= 11 is 6.10. The zero-order valence-electron chi connectivity index (χ0n) is 9.68. The number of nitrogens with one attached hydrogen (secondary N) is 1. The van der Waals surface area contributed by atoms with Crippen LogP contribution in [0.5, 0.6) is 0 Å². The summed E-state index contributed by atoms with van der Waals surface area (Å²) in [6, 6.07) is 9.91. The van der Waals surface area contributed by atoms with Crippen molar-refractivity contribution >= 4 is 29.1 Å². The standard InChI is InChI=1S/C12H13ClN4/c1-14-12-15-8-10(13)11(16-12)17(2)9-6-4-3-5-7-9/h3-8H,1-2H3,(H,14,15,16). The van der Waals surface area contributed by atoms with Crippen LogP contribution in [0.1, 0.15) is 0 Å². The number of hydrogen-bond donors (Lipinski definition) is 1. The Hall–Kier alpha value is -1.81. The molecule has 5 heteroatoms. The number of rotatable bonds is 3. The van der Waals surface area contributed by atoms with Gasteiger partial charge in [-0.2, -0.15) is 4.98 Å². The number of nitrogens with zero attached hydrogens (tertiary/aromatic N) is 3. The van der Waals surface area contributed by atoms with Crippen LogP contribution in [-0.4, -0.2) is 24.1 Å². The predicted molar refractivity (Wildman–Crippen MR) is 71.1 cm³/mol. The maximum atomic E-state index is 6.10. The molecule has 0 aliphatic heterocycles. The van der Waals surface area contributed by atoms with E-state index in [-0.39, 0.29) is 0 Å². The fraction of sp³-hybridized carbons (Fsp3) is 0.167. The third kappa shape index (κ3) is 2.47. The van der Waals surface area contributed by atoms with E-state index in [0.717, 1.165) is 5.69 Å². The fourth-order valence-electron chi connectivity index (χ4n) is 1.49. The molecule has 2 rings (SSSR count). The molecule has 4 nitrogen and oxygen atoms in total. The van der Waals surface area contributed by atoms with Crippen molar-refractivity contribution in [2.24, 2.45) is 0 Å². The zero-order chi connectivity index (χ0) is 12.3. The number of para-hydroxylation sites is 1. The molecule has 0 atom stereocenters. The molecule has 88 valence electrons. The molecule has 0 radical (unpaired) electrons. The Labute approximate surface area is 105 Å². The van der Waals surface area contributed by atoms with Crippen molar-refractivity contribution in [1.29, 1.82) is 0 Å². The van der Waals surface area contributed by atoms with Crippen LogP contribution in [0.25, 0.3) is 0 Å². The predicted octanol–water partition coefficient (Wildman–Crippen LogP) is 2.94. The number of anilines is 3. The van der Waals surface area contributed by atoms with Gasteiger partial charge in [-0.3, -0.25) is 0 Å². The number of benzene rings is 1. The molecule has 17 heavy (non-hydrogen) atoms. The Kier molecular flexibility index (Phi) is 3.44. The van der Waals surface area contributed by atoms with Gasteiger partial charge in [-0.15, -0.1) is 0 Å². The van der Waals surface area contributed by atoms with E-state index in [9.17, 15) is 0 Å². The van der Waals surface area contributed by atoms with E-state index in [0.29, 0.717) is 16.8 Å². The van der Waals surface area contributed by atoms with Gasteiger partial charge in [0.2, 0.25) is 5.95 Å². The van der Waals surface area contributed by atoms with Gasteiger partial charge in [-0.05, 0) is 12.1 Å². The molecular formula is C12H13ClN4. The van der Waals surface area contributed by atoms with Crippen LogP contribution < -0.4 is 10.2 Å². The van der Waals surface area contributed by atoms with E-state index in [1.54, 1.807) is 13.2 Å². The largest absolute Gasteiger partial charge is 0.357 e. The molecule has 0 aliphatic rings. The quantitative estimate of drug-likeness (QED) is 0.907.